The van der Waals surface area contributed by atoms with Crippen molar-refractivity contribution in [3.8, 4) is 0 Å². The molecule has 1 aliphatic heterocycles. The van der Waals surface area contributed by atoms with Crippen LogP contribution in [0, 0.1) is 15.9 Å². The minimum atomic E-state index is -3.73. The Morgan fingerprint density at radius 2 is 2.04 bits per heavy atom. The summed E-state index contributed by atoms with van der Waals surface area (Å²) in [5.41, 5.74) is 0.863. The molecule has 27 heavy (non-hydrogen) atoms. The molecule has 1 saturated heterocycles. The minimum Gasteiger partial charge on any atom is -0.380 e. The molecule has 1 fully saturated rings. The monoisotopic (exact) mass is 393 g/mol. The summed E-state index contributed by atoms with van der Waals surface area (Å²) in [6, 6.07) is 10.4. The molecule has 3 rings (SSSR count). The lowest BCUT2D eigenvalue weighted by Gasteiger charge is -2.35. The summed E-state index contributed by atoms with van der Waals surface area (Å²) < 4.78 is 37.3. The zero-order chi connectivity index (χ0) is 19.6. The van der Waals surface area contributed by atoms with Gasteiger partial charge in [0.1, 0.15) is 10.7 Å². The van der Waals surface area contributed by atoms with Crippen molar-refractivity contribution in [2.75, 3.05) is 29.6 Å². The van der Waals surface area contributed by atoms with Gasteiger partial charge in [-0.1, -0.05) is 6.07 Å². The molecule has 1 aliphatic rings. The fourth-order valence-corrected chi connectivity index (χ4v) is 4.15. The van der Waals surface area contributed by atoms with E-state index in [-0.39, 0.29) is 16.8 Å². The van der Waals surface area contributed by atoms with Crippen LogP contribution in [0.2, 0.25) is 0 Å². The number of hydrogen-bond acceptors (Lipinski definition) is 6. The summed E-state index contributed by atoms with van der Waals surface area (Å²) in [5, 5.41) is 14.3. The molecule has 0 bridgehead atoms. The van der Waals surface area contributed by atoms with Gasteiger partial charge in [-0.2, -0.15) is 0 Å². The molecule has 144 valence electrons. The molecular formula is C18H20FN3O4S. The molecule has 0 radical (unpaired) electrons. The van der Waals surface area contributed by atoms with Crippen molar-refractivity contribution in [1.29, 1.82) is 0 Å². The molecule has 1 N–H and O–H groups in total. The number of nitro groups is 1. The van der Waals surface area contributed by atoms with Gasteiger partial charge >= 0.3 is 0 Å². The van der Waals surface area contributed by atoms with Gasteiger partial charge in [0.05, 0.1) is 4.92 Å². The van der Waals surface area contributed by atoms with E-state index < -0.39 is 20.4 Å². The first-order valence-electron chi connectivity index (χ1n) is 8.49. The van der Waals surface area contributed by atoms with Crippen LogP contribution >= 0.6 is 0 Å². The number of halogens is 1. The first kappa shape index (κ1) is 19.1. The molecule has 0 saturated carbocycles. The average molecular weight is 393 g/mol. The normalized spacial score (nSPS) is 17.6. The molecule has 1 atom stereocenters. The first-order chi connectivity index (χ1) is 12.7. The average Bonchev–Trinajstić information content (AvgIpc) is 2.61. The number of anilines is 2. The summed E-state index contributed by atoms with van der Waals surface area (Å²) in [4.78, 5) is 12.1. The number of nitrogens with one attached hydrogen (secondary N) is 1. The molecule has 1 unspecified atom stereocenters. The van der Waals surface area contributed by atoms with E-state index in [1.54, 1.807) is 6.07 Å². The summed E-state index contributed by atoms with van der Waals surface area (Å²) in [6.07, 6.45) is 2.70. The van der Waals surface area contributed by atoms with Crippen LogP contribution in [0.5, 0.6) is 0 Å². The van der Waals surface area contributed by atoms with E-state index in [4.69, 9.17) is 0 Å². The number of piperidine rings is 1. The van der Waals surface area contributed by atoms with E-state index in [0.29, 0.717) is 12.2 Å². The number of sulfone groups is 1. The molecule has 0 spiro atoms. The molecule has 9 heteroatoms. The third-order valence-electron chi connectivity index (χ3n) is 4.52. The fraction of sp³-hybridized carbons (Fsp3) is 0.333. The van der Waals surface area contributed by atoms with E-state index >= 15 is 0 Å². The SMILES string of the molecule is CS(=O)(=O)c1cc(NC2CCCN(c3cccc(F)c3)C2)ccc1[N+](=O)[O-]. The molecule has 2 aromatic carbocycles. The van der Waals surface area contributed by atoms with Gasteiger partial charge in [0.25, 0.3) is 5.69 Å². The van der Waals surface area contributed by atoms with Crippen molar-refractivity contribution in [2.45, 2.75) is 23.8 Å². The highest BCUT2D eigenvalue weighted by Crippen LogP contribution is 2.28. The zero-order valence-corrected chi connectivity index (χ0v) is 15.6. The topological polar surface area (TPSA) is 92.6 Å². The van der Waals surface area contributed by atoms with Gasteiger partial charge in [-0.25, -0.2) is 12.8 Å². The maximum absolute atomic E-state index is 13.5. The second-order valence-electron chi connectivity index (χ2n) is 6.62. The van der Waals surface area contributed by atoms with Crippen molar-refractivity contribution in [3.05, 3.63) is 58.4 Å². The minimum absolute atomic E-state index is 0.0101. The van der Waals surface area contributed by atoms with Gasteiger partial charge in [-0.15, -0.1) is 0 Å². The number of nitrogens with zero attached hydrogens (tertiary/aromatic N) is 2. The highest BCUT2D eigenvalue weighted by Gasteiger charge is 2.24. The quantitative estimate of drug-likeness (QED) is 0.619. The van der Waals surface area contributed by atoms with Gasteiger partial charge < -0.3 is 10.2 Å². The molecular weight excluding hydrogens is 373 g/mol. The van der Waals surface area contributed by atoms with Gasteiger partial charge in [-0.3, -0.25) is 10.1 Å². The van der Waals surface area contributed by atoms with Gasteiger partial charge in [0, 0.05) is 42.8 Å². The van der Waals surface area contributed by atoms with Crippen LogP contribution in [0.15, 0.2) is 47.4 Å². The Labute approximate surface area is 156 Å². The van der Waals surface area contributed by atoms with Crippen molar-refractivity contribution in [2.24, 2.45) is 0 Å². The molecule has 0 aromatic heterocycles. The van der Waals surface area contributed by atoms with Crippen LogP contribution < -0.4 is 10.2 Å². The van der Waals surface area contributed by atoms with Crippen LogP contribution in [-0.2, 0) is 9.84 Å². The van der Waals surface area contributed by atoms with Gasteiger partial charge in [0.15, 0.2) is 9.84 Å². The summed E-state index contributed by atoms with van der Waals surface area (Å²) in [5.74, 6) is -0.296. The fourth-order valence-electron chi connectivity index (χ4n) is 3.29. The van der Waals surface area contributed by atoms with Crippen molar-refractivity contribution >= 4 is 26.9 Å². The largest absolute Gasteiger partial charge is 0.380 e. The third-order valence-corrected chi connectivity index (χ3v) is 5.65. The zero-order valence-electron chi connectivity index (χ0n) is 14.8. The van der Waals surface area contributed by atoms with Crippen molar-refractivity contribution < 1.29 is 17.7 Å². The van der Waals surface area contributed by atoms with Crippen LogP contribution in [0.4, 0.5) is 21.5 Å². The summed E-state index contributed by atoms with van der Waals surface area (Å²) >= 11 is 0. The number of rotatable bonds is 5. The smallest absolute Gasteiger partial charge is 0.288 e. The Bertz CT molecular complexity index is 965. The second kappa shape index (κ2) is 7.51. The summed E-state index contributed by atoms with van der Waals surface area (Å²) in [6.45, 7) is 1.42. The van der Waals surface area contributed by atoms with Crippen LogP contribution in [0.25, 0.3) is 0 Å². The van der Waals surface area contributed by atoms with E-state index in [2.05, 4.69) is 10.2 Å². The Hall–Kier alpha value is -2.68. The second-order valence-corrected chi connectivity index (χ2v) is 8.61. The first-order valence-corrected chi connectivity index (χ1v) is 10.4. The lowest BCUT2D eigenvalue weighted by atomic mass is 10.0. The lowest BCUT2D eigenvalue weighted by molar-refractivity contribution is -0.387. The standard InChI is InChI=1S/C18H20FN3O4S/c1-27(25,26)18-11-14(7-8-17(18)22(23)24)20-15-5-3-9-21(12-15)16-6-2-4-13(19)10-16/h2,4,6-8,10-11,15,20H,3,5,9,12H2,1H3. The van der Waals surface area contributed by atoms with Crippen molar-refractivity contribution in [3.63, 3.8) is 0 Å². The van der Waals surface area contributed by atoms with Gasteiger partial charge in [-0.05, 0) is 43.2 Å². The molecule has 0 aliphatic carbocycles. The highest BCUT2D eigenvalue weighted by molar-refractivity contribution is 7.90. The third kappa shape index (κ3) is 4.54. The number of nitro benzene ring substituents is 1. The van der Waals surface area contributed by atoms with E-state index in [0.717, 1.165) is 31.3 Å². The predicted octanol–water partition coefficient (Wildman–Crippen LogP) is 3.22. The van der Waals surface area contributed by atoms with E-state index in [9.17, 15) is 22.9 Å². The molecule has 2 aromatic rings. The van der Waals surface area contributed by atoms with E-state index in [1.165, 1.54) is 30.3 Å². The van der Waals surface area contributed by atoms with Crippen LogP contribution in [0.1, 0.15) is 12.8 Å². The van der Waals surface area contributed by atoms with Crippen LogP contribution in [0.3, 0.4) is 0 Å². The van der Waals surface area contributed by atoms with Crippen molar-refractivity contribution in [1.82, 2.24) is 0 Å². The van der Waals surface area contributed by atoms with Gasteiger partial charge in [0.2, 0.25) is 0 Å². The highest BCUT2D eigenvalue weighted by atomic mass is 32.2. The predicted molar refractivity (Wildman–Crippen MR) is 101 cm³/mol. The van der Waals surface area contributed by atoms with Crippen LogP contribution in [-0.4, -0.2) is 38.7 Å². The lowest BCUT2D eigenvalue weighted by Crippen LogP contribution is -2.42. The molecule has 0 amide bonds. The molecule has 1 heterocycles. The number of hydrogen-bond donors (Lipinski definition) is 1. The Morgan fingerprint density at radius 3 is 2.70 bits per heavy atom. The summed E-state index contributed by atoms with van der Waals surface area (Å²) in [7, 11) is -3.73. The Kier molecular flexibility index (Phi) is 5.31. The maximum Gasteiger partial charge on any atom is 0.288 e. The Morgan fingerprint density at radius 1 is 1.26 bits per heavy atom. The molecule has 7 nitrogen and oxygen atoms in total. The number of benzene rings is 2. The Balaban J connectivity index is 1.79. The van der Waals surface area contributed by atoms with E-state index in [1.807, 2.05) is 6.07 Å². The maximum atomic E-state index is 13.5.